The van der Waals surface area contributed by atoms with Gasteiger partial charge in [-0.1, -0.05) is 24.3 Å². The number of carbonyl (C=O) groups is 1. The number of imidazole rings is 1. The molecule has 0 aliphatic rings. The maximum Gasteiger partial charge on any atom is 0.293 e. The number of hydrogen-bond donors (Lipinski definition) is 1. The summed E-state index contributed by atoms with van der Waals surface area (Å²) in [7, 11) is 1.70. The maximum absolute atomic E-state index is 12.5. The summed E-state index contributed by atoms with van der Waals surface area (Å²) in [6, 6.07) is 12.5. The van der Waals surface area contributed by atoms with Crippen molar-refractivity contribution in [1.82, 2.24) is 9.55 Å². The Bertz CT molecular complexity index is 994. The molecule has 0 unspecified atom stereocenters. The Hall–Kier alpha value is -3.48. The second-order valence-corrected chi connectivity index (χ2v) is 6.28. The minimum Gasteiger partial charge on any atom is -0.379 e. The fraction of sp³-hybridized carbons (Fsp3) is 0.200. The molecule has 0 aliphatic carbocycles. The van der Waals surface area contributed by atoms with Crippen LogP contribution in [0.25, 0.3) is 0 Å². The van der Waals surface area contributed by atoms with Crippen LogP contribution in [-0.4, -0.2) is 26.8 Å². The molecule has 0 atom stereocenters. The summed E-state index contributed by atoms with van der Waals surface area (Å²) in [5.41, 5.74) is 2.88. The van der Waals surface area contributed by atoms with E-state index in [0.717, 1.165) is 6.42 Å². The Morgan fingerprint density at radius 1 is 1.26 bits per heavy atom. The van der Waals surface area contributed by atoms with Crippen LogP contribution in [0.3, 0.4) is 0 Å². The Morgan fingerprint density at radius 2 is 2.04 bits per heavy atom. The molecule has 3 rings (SSSR count). The summed E-state index contributed by atoms with van der Waals surface area (Å²) in [6.45, 7) is 2.59. The molecule has 2 aromatic carbocycles. The number of benzene rings is 2. The van der Waals surface area contributed by atoms with Crippen LogP contribution >= 0.6 is 0 Å². The highest BCUT2D eigenvalue weighted by Crippen LogP contribution is 2.26. The topological polar surface area (TPSA) is 90.1 Å². The fourth-order valence-electron chi connectivity index (χ4n) is 2.91. The van der Waals surface area contributed by atoms with Crippen molar-refractivity contribution in [3.05, 3.63) is 87.5 Å². The number of rotatable bonds is 7. The van der Waals surface area contributed by atoms with Crippen LogP contribution in [0, 0.1) is 17.0 Å². The van der Waals surface area contributed by atoms with E-state index in [1.807, 2.05) is 31.2 Å². The lowest BCUT2D eigenvalue weighted by atomic mass is 10.1. The predicted molar refractivity (Wildman–Crippen MR) is 103 cm³/mol. The first-order valence-corrected chi connectivity index (χ1v) is 8.56. The molecule has 0 saturated heterocycles. The summed E-state index contributed by atoms with van der Waals surface area (Å²) in [4.78, 5) is 27.5. The summed E-state index contributed by atoms with van der Waals surface area (Å²) in [5.74, 6) is -0.110. The van der Waals surface area contributed by atoms with Gasteiger partial charge in [0.15, 0.2) is 5.82 Å². The molecule has 0 spiro atoms. The number of aromatic nitrogens is 2. The van der Waals surface area contributed by atoms with Crippen molar-refractivity contribution in [2.24, 2.45) is 7.05 Å². The summed E-state index contributed by atoms with van der Waals surface area (Å²) < 4.78 is 1.59. The van der Waals surface area contributed by atoms with Gasteiger partial charge in [-0.3, -0.25) is 14.9 Å². The minimum atomic E-state index is -0.481. The van der Waals surface area contributed by atoms with Gasteiger partial charge >= 0.3 is 0 Å². The van der Waals surface area contributed by atoms with Crippen molar-refractivity contribution < 1.29 is 9.72 Å². The first kappa shape index (κ1) is 18.3. The zero-order chi connectivity index (χ0) is 19.4. The molecule has 0 saturated carbocycles. The summed E-state index contributed by atoms with van der Waals surface area (Å²) in [6.07, 6.45) is 3.92. The molecule has 1 heterocycles. The Balaban J connectivity index is 1.78. The monoisotopic (exact) mass is 364 g/mol. The van der Waals surface area contributed by atoms with Gasteiger partial charge in [0.25, 0.3) is 5.69 Å². The van der Waals surface area contributed by atoms with E-state index in [2.05, 4.69) is 10.3 Å². The van der Waals surface area contributed by atoms with Crippen LogP contribution in [-0.2, 0) is 13.5 Å². The van der Waals surface area contributed by atoms with Crippen LogP contribution in [0.5, 0.6) is 0 Å². The molecule has 7 nitrogen and oxygen atoms in total. The van der Waals surface area contributed by atoms with Crippen LogP contribution in [0.15, 0.2) is 54.9 Å². The van der Waals surface area contributed by atoms with Crippen molar-refractivity contribution in [3.63, 3.8) is 0 Å². The smallest absolute Gasteiger partial charge is 0.293 e. The summed E-state index contributed by atoms with van der Waals surface area (Å²) in [5, 5.41) is 14.6. The SMILES string of the molecule is Cc1ccccc1CCNc1ccc(C(=O)c2nccn2C)cc1[N+](=O)[O-]. The fourth-order valence-corrected chi connectivity index (χ4v) is 2.91. The predicted octanol–water partition coefficient (Wildman–Crippen LogP) is 3.52. The third-order valence-electron chi connectivity index (χ3n) is 4.45. The van der Waals surface area contributed by atoms with E-state index in [9.17, 15) is 14.9 Å². The normalized spacial score (nSPS) is 10.6. The Labute approximate surface area is 156 Å². The van der Waals surface area contributed by atoms with E-state index in [1.165, 1.54) is 23.4 Å². The molecule has 1 N–H and O–H groups in total. The minimum absolute atomic E-state index is 0.125. The number of nitro groups is 1. The highest BCUT2D eigenvalue weighted by molar-refractivity contribution is 6.07. The Morgan fingerprint density at radius 3 is 2.70 bits per heavy atom. The van der Waals surface area contributed by atoms with Gasteiger partial charge in [-0.05, 0) is 36.6 Å². The van der Waals surface area contributed by atoms with E-state index in [1.54, 1.807) is 29.9 Å². The van der Waals surface area contributed by atoms with E-state index in [0.29, 0.717) is 12.2 Å². The van der Waals surface area contributed by atoms with Crippen molar-refractivity contribution in [1.29, 1.82) is 0 Å². The van der Waals surface area contributed by atoms with Gasteiger partial charge < -0.3 is 9.88 Å². The number of anilines is 1. The average molecular weight is 364 g/mol. The number of nitrogens with zero attached hydrogens (tertiary/aromatic N) is 3. The zero-order valence-electron chi connectivity index (χ0n) is 15.2. The summed E-state index contributed by atoms with van der Waals surface area (Å²) >= 11 is 0. The highest BCUT2D eigenvalue weighted by Gasteiger charge is 2.20. The van der Waals surface area contributed by atoms with Gasteiger partial charge in [-0.2, -0.15) is 0 Å². The third-order valence-corrected chi connectivity index (χ3v) is 4.45. The van der Waals surface area contributed by atoms with Crippen molar-refractivity contribution in [2.75, 3.05) is 11.9 Å². The number of ketones is 1. The molecule has 27 heavy (non-hydrogen) atoms. The molecule has 0 fully saturated rings. The highest BCUT2D eigenvalue weighted by atomic mass is 16.6. The van der Waals surface area contributed by atoms with Gasteiger partial charge in [0.2, 0.25) is 5.78 Å². The lowest BCUT2D eigenvalue weighted by molar-refractivity contribution is -0.384. The number of aryl methyl sites for hydroxylation is 2. The van der Waals surface area contributed by atoms with E-state index in [-0.39, 0.29) is 22.9 Å². The van der Waals surface area contributed by atoms with Crippen molar-refractivity contribution in [3.8, 4) is 0 Å². The lowest BCUT2D eigenvalue weighted by Crippen LogP contribution is -2.11. The van der Waals surface area contributed by atoms with Crippen LogP contribution in [0.1, 0.15) is 27.3 Å². The number of hydrogen-bond acceptors (Lipinski definition) is 5. The van der Waals surface area contributed by atoms with Gasteiger partial charge in [0.05, 0.1) is 4.92 Å². The van der Waals surface area contributed by atoms with Gasteiger partial charge in [0, 0.05) is 37.6 Å². The average Bonchev–Trinajstić information content (AvgIpc) is 3.08. The standard InChI is InChI=1S/C20H20N4O3/c1-14-5-3-4-6-15(14)9-10-21-17-8-7-16(13-18(17)24(26)27)19(25)20-22-11-12-23(20)2/h3-8,11-13,21H,9-10H2,1-2H3. The number of carbonyl (C=O) groups excluding carboxylic acids is 1. The van der Waals surface area contributed by atoms with Crippen LogP contribution < -0.4 is 5.32 Å². The molecular weight excluding hydrogens is 344 g/mol. The molecule has 0 radical (unpaired) electrons. The molecule has 0 amide bonds. The van der Waals surface area contributed by atoms with Crippen molar-refractivity contribution >= 4 is 17.2 Å². The molecule has 7 heteroatoms. The largest absolute Gasteiger partial charge is 0.379 e. The molecular formula is C20H20N4O3. The lowest BCUT2D eigenvalue weighted by Gasteiger charge is -2.10. The van der Waals surface area contributed by atoms with Gasteiger partial charge in [-0.25, -0.2) is 4.98 Å². The van der Waals surface area contributed by atoms with Gasteiger partial charge in [0.1, 0.15) is 5.69 Å². The molecule has 0 bridgehead atoms. The third kappa shape index (κ3) is 4.03. The second-order valence-electron chi connectivity index (χ2n) is 6.28. The molecule has 138 valence electrons. The van der Waals surface area contributed by atoms with Gasteiger partial charge in [-0.15, -0.1) is 0 Å². The first-order chi connectivity index (χ1) is 13.0. The second kappa shape index (κ2) is 7.82. The van der Waals surface area contributed by atoms with Crippen LogP contribution in [0.4, 0.5) is 11.4 Å². The van der Waals surface area contributed by atoms with E-state index in [4.69, 9.17) is 0 Å². The number of nitro benzene ring substituents is 1. The van der Waals surface area contributed by atoms with Crippen molar-refractivity contribution in [2.45, 2.75) is 13.3 Å². The maximum atomic E-state index is 12.5. The Kier molecular flexibility index (Phi) is 5.30. The molecule has 0 aliphatic heterocycles. The van der Waals surface area contributed by atoms with E-state index >= 15 is 0 Å². The van der Waals surface area contributed by atoms with E-state index < -0.39 is 4.92 Å². The first-order valence-electron chi connectivity index (χ1n) is 8.56. The molecule has 3 aromatic rings. The van der Waals surface area contributed by atoms with Crippen LogP contribution in [0.2, 0.25) is 0 Å². The number of nitrogens with one attached hydrogen (secondary N) is 1. The molecule has 1 aromatic heterocycles. The zero-order valence-corrected chi connectivity index (χ0v) is 15.2. The quantitative estimate of drug-likeness (QED) is 0.393.